The summed E-state index contributed by atoms with van der Waals surface area (Å²) < 4.78 is 38.9. The number of hydrogen-bond donors (Lipinski definition) is 2. The Hall–Kier alpha value is -1.47. The molecule has 17 heavy (non-hydrogen) atoms. The average molecular weight is 257 g/mol. The first-order chi connectivity index (χ1) is 7.61. The van der Waals surface area contributed by atoms with Crippen LogP contribution < -0.4 is 5.32 Å². The summed E-state index contributed by atoms with van der Waals surface area (Å²) in [5.41, 5.74) is 0. The summed E-state index contributed by atoms with van der Waals surface area (Å²) in [6.07, 6.45) is -5.92. The number of amides is 1. The van der Waals surface area contributed by atoms with Gasteiger partial charge in [0.1, 0.15) is 6.04 Å². The van der Waals surface area contributed by atoms with Crippen LogP contribution in [0.3, 0.4) is 0 Å². The van der Waals surface area contributed by atoms with E-state index in [1.54, 1.807) is 13.8 Å². The number of carbonyl (C=O) groups excluding carboxylic acids is 1. The van der Waals surface area contributed by atoms with Gasteiger partial charge in [-0.05, 0) is 12.3 Å². The van der Waals surface area contributed by atoms with Crippen LogP contribution in [0.5, 0.6) is 0 Å². The van der Waals surface area contributed by atoms with Gasteiger partial charge in [0, 0.05) is 0 Å². The van der Waals surface area contributed by atoms with E-state index in [1.807, 2.05) is 5.32 Å². The number of carboxylic acids is 1. The van der Waals surface area contributed by atoms with Gasteiger partial charge in [-0.1, -0.05) is 13.8 Å². The number of alkyl halides is 3. The molecule has 0 aromatic rings. The third-order valence-electron chi connectivity index (χ3n) is 1.66. The molecule has 0 aliphatic heterocycles. The van der Waals surface area contributed by atoms with Crippen LogP contribution in [0.2, 0.25) is 0 Å². The lowest BCUT2D eigenvalue weighted by molar-refractivity contribution is -0.160. The molecule has 0 rings (SSSR count). The zero-order chi connectivity index (χ0) is 13.6. The Morgan fingerprint density at radius 1 is 1.35 bits per heavy atom. The Balaban J connectivity index is 4.18. The Kier molecular flexibility index (Phi) is 5.77. The van der Waals surface area contributed by atoms with Crippen LogP contribution in [-0.4, -0.2) is 36.0 Å². The molecular formula is C9H14F3NO4. The fourth-order valence-corrected chi connectivity index (χ4v) is 1.02. The number of hydrogen-bond acceptors (Lipinski definition) is 3. The van der Waals surface area contributed by atoms with Crippen LogP contribution in [0, 0.1) is 5.92 Å². The summed E-state index contributed by atoms with van der Waals surface area (Å²) in [5.74, 6) is -1.35. The van der Waals surface area contributed by atoms with Gasteiger partial charge in [-0.15, -0.1) is 0 Å². The van der Waals surface area contributed by atoms with Crippen molar-refractivity contribution < 1.29 is 32.6 Å². The summed E-state index contributed by atoms with van der Waals surface area (Å²) in [6.45, 7) is 1.70. The maximum Gasteiger partial charge on any atom is 0.422 e. The van der Waals surface area contributed by atoms with Gasteiger partial charge < -0.3 is 15.2 Å². The fraction of sp³-hybridized carbons (Fsp3) is 0.778. The highest BCUT2D eigenvalue weighted by Crippen LogP contribution is 2.14. The first-order valence-electron chi connectivity index (χ1n) is 4.84. The van der Waals surface area contributed by atoms with Crippen molar-refractivity contribution in [2.24, 2.45) is 5.92 Å². The summed E-state index contributed by atoms with van der Waals surface area (Å²) in [6, 6.07) is -1.25. The summed E-state index contributed by atoms with van der Waals surface area (Å²) in [4.78, 5) is 21.6. The summed E-state index contributed by atoms with van der Waals surface area (Å²) in [5, 5.41) is 10.6. The zero-order valence-electron chi connectivity index (χ0n) is 9.37. The highest BCUT2D eigenvalue weighted by molar-refractivity contribution is 5.79. The van der Waals surface area contributed by atoms with Crippen molar-refractivity contribution in [3.05, 3.63) is 0 Å². The number of alkyl carbamates (subject to hydrolysis) is 1. The van der Waals surface area contributed by atoms with Gasteiger partial charge in [0.2, 0.25) is 0 Å². The van der Waals surface area contributed by atoms with Crippen LogP contribution in [0.15, 0.2) is 0 Å². The first kappa shape index (κ1) is 15.5. The molecule has 0 heterocycles. The van der Waals surface area contributed by atoms with Crippen molar-refractivity contribution in [3.8, 4) is 0 Å². The van der Waals surface area contributed by atoms with Crippen LogP contribution in [0.25, 0.3) is 0 Å². The van der Waals surface area contributed by atoms with Crippen molar-refractivity contribution in [2.45, 2.75) is 32.5 Å². The molecule has 0 unspecified atom stereocenters. The number of rotatable bonds is 5. The second-order valence-electron chi connectivity index (χ2n) is 3.86. The normalized spacial score (nSPS) is 13.3. The lowest BCUT2D eigenvalue weighted by atomic mass is 10.0. The van der Waals surface area contributed by atoms with Crippen LogP contribution in [-0.2, 0) is 9.53 Å². The minimum absolute atomic E-state index is 0.0287. The Morgan fingerprint density at radius 2 is 1.88 bits per heavy atom. The second kappa shape index (κ2) is 6.31. The average Bonchev–Trinajstić information content (AvgIpc) is 2.11. The lowest BCUT2D eigenvalue weighted by Gasteiger charge is -2.16. The monoisotopic (exact) mass is 257 g/mol. The highest BCUT2D eigenvalue weighted by Gasteiger charge is 2.30. The molecule has 5 nitrogen and oxygen atoms in total. The molecule has 0 aliphatic rings. The number of nitrogens with one attached hydrogen (secondary N) is 1. The molecule has 8 heteroatoms. The zero-order valence-corrected chi connectivity index (χ0v) is 9.37. The molecule has 0 aliphatic carbocycles. The van der Waals surface area contributed by atoms with Gasteiger partial charge in [-0.25, -0.2) is 9.59 Å². The van der Waals surface area contributed by atoms with Crippen molar-refractivity contribution in [1.82, 2.24) is 5.32 Å². The molecule has 0 aromatic heterocycles. The SMILES string of the molecule is CC(C)C[C@@H](NC(=O)OCC(F)(F)F)C(=O)O. The van der Waals surface area contributed by atoms with E-state index < -0.39 is 30.9 Å². The number of aliphatic carboxylic acids is 1. The molecule has 0 saturated carbocycles. The molecular weight excluding hydrogens is 243 g/mol. The molecule has 2 N–H and O–H groups in total. The molecule has 0 saturated heterocycles. The van der Waals surface area contributed by atoms with Crippen molar-refractivity contribution in [3.63, 3.8) is 0 Å². The van der Waals surface area contributed by atoms with E-state index in [1.165, 1.54) is 0 Å². The predicted molar refractivity (Wildman–Crippen MR) is 51.4 cm³/mol. The smallest absolute Gasteiger partial charge is 0.422 e. The van der Waals surface area contributed by atoms with E-state index in [9.17, 15) is 22.8 Å². The van der Waals surface area contributed by atoms with Gasteiger partial charge in [0.15, 0.2) is 6.61 Å². The maximum absolute atomic E-state index is 11.7. The van der Waals surface area contributed by atoms with Crippen LogP contribution >= 0.6 is 0 Å². The van der Waals surface area contributed by atoms with E-state index >= 15 is 0 Å². The van der Waals surface area contributed by atoms with Crippen LogP contribution in [0.1, 0.15) is 20.3 Å². The minimum Gasteiger partial charge on any atom is -0.480 e. The third kappa shape index (κ3) is 8.35. The van der Waals surface area contributed by atoms with Gasteiger partial charge in [-0.3, -0.25) is 0 Å². The van der Waals surface area contributed by atoms with Crippen LogP contribution in [0.4, 0.5) is 18.0 Å². The van der Waals surface area contributed by atoms with E-state index in [2.05, 4.69) is 4.74 Å². The van der Waals surface area contributed by atoms with E-state index in [-0.39, 0.29) is 12.3 Å². The van der Waals surface area contributed by atoms with Crippen molar-refractivity contribution in [1.29, 1.82) is 0 Å². The summed E-state index contributed by atoms with van der Waals surface area (Å²) in [7, 11) is 0. The number of ether oxygens (including phenoxy) is 1. The molecule has 0 aromatic carbocycles. The molecule has 100 valence electrons. The molecule has 1 atom stereocenters. The number of carboxylic acid groups (broad SMARTS) is 1. The van der Waals surface area contributed by atoms with Gasteiger partial charge in [0.05, 0.1) is 0 Å². The van der Waals surface area contributed by atoms with Crippen molar-refractivity contribution >= 4 is 12.1 Å². The largest absolute Gasteiger partial charge is 0.480 e. The topological polar surface area (TPSA) is 75.6 Å². The van der Waals surface area contributed by atoms with Gasteiger partial charge in [-0.2, -0.15) is 13.2 Å². The van der Waals surface area contributed by atoms with E-state index in [0.717, 1.165) is 0 Å². The predicted octanol–water partition coefficient (Wildman–Crippen LogP) is 1.77. The maximum atomic E-state index is 11.7. The van der Waals surface area contributed by atoms with E-state index in [4.69, 9.17) is 5.11 Å². The summed E-state index contributed by atoms with van der Waals surface area (Å²) >= 11 is 0. The van der Waals surface area contributed by atoms with Gasteiger partial charge >= 0.3 is 18.2 Å². The fourth-order valence-electron chi connectivity index (χ4n) is 1.02. The third-order valence-corrected chi connectivity index (χ3v) is 1.66. The Morgan fingerprint density at radius 3 is 2.24 bits per heavy atom. The Bertz CT molecular complexity index is 278. The van der Waals surface area contributed by atoms with Gasteiger partial charge in [0.25, 0.3) is 0 Å². The first-order valence-corrected chi connectivity index (χ1v) is 4.84. The molecule has 0 fully saturated rings. The molecule has 0 bridgehead atoms. The quantitative estimate of drug-likeness (QED) is 0.787. The number of halogens is 3. The Labute approximate surface area is 95.9 Å². The van der Waals surface area contributed by atoms with Crippen molar-refractivity contribution in [2.75, 3.05) is 6.61 Å². The number of carbonyl (C=O) groups is 2. The van der Waals surface area contributed by atoms with E-state index in [0.29, 0.717) is 0 Å². The molecule has 1 amide bonds. The second-order valence-corrected chi connectivity index (χ2v) is 3.86. The molecule has 0 radical (unpaired) electrons. The molecule has 0 spiro atoms. The minimum atomic E-state index is -4.63. The lowest BCUT2D eigenvalue weighted by Crippen LogP contribution is -2.42. The standard InChI is InChI=1S/C9H14F3NO4/c1-5(2)3-6(7(14)15)13-8(16)17-4-9(10,11)12/h5-6H,3-4H2,1-2H3,(H,13,16)(H,14,15)/t6-/m1/s1. The highest BCUT2D eigenvalue weighted by atomic mass is 19.4.